The molecule has 7 heteroatoms. The Balaban J connectivity index is 1.65. The summed E-state index contributed by atoms with van der Waals surface area (Å²) >= 11 is 0. The van der Waals surface area contributed by atoms with Crippen molar-refractivity contribution in [2.24, 2.45) is 11.7 Å². The van der Waals surface area contributed by atoms with Crippen molar-refractivity contribution in [1.29, 1.82) is 0 Å². The van der Waals surface area contributed by atoms with Crippen LogP contribution in [0.4, 0.5) is 13.2 Å². The monoisotopic (exact) mass is 303 g/mol. The van der Waals surface area contributed by atoms with E-state index < -0.39 is 17.6 Å². The van der Waals surface area contributed by atoms with E-state index >= 15 is 0 Å². The Bertz CT molecular complexity index is 486. The van der Waals surface area contributed by atoms with Gasteiger partial charge in [0.1, 0.15) is 0 Å². The van der Waals surface area contributed by atoms with Crippen molar-refractivity contribution in [2.75, 3.05) is 0 Å². The second-order valence-corrected chi connectivity index (χ2v) is 6.41. The Kier molecular flexibility index (Phi) is 3.71. The molecule has 0 atom stereocenters. The third kappa shape index (κ3) is 2.93. The molecule has 118 valence electrons. The minimum Gasteiger partial charge on any atom is -0.339 e. The summed E-state index contributed by atoms with van der Waals surface area (Å²) in [7, 11) is 0. The Hall–Kier alpha value is -1.11. The molecule has 0 aromatic carbocycles. The van der Waals surface area contributed by atoms with Crippen LogP contribution in [0.15, 0.2) is 4.52 Å². The zero-order valence-electron chi connectivity index (χ0n) is 11.8. The van der Waals surface area contributed by atoms with E-state index in [9.17, 15) is 13.2 Å². The molecular weight excluding hydrogens is 283 g/mol. The smallest absolute Gasteiger partial charge is 0.339 e. The highest BCUT2D eigenvalue weighted by atomic mass is 19.4. The molecule has 3 rings (SSSR count). The fourth-order valence-corrected chi connectivity index (χ4v) is 3.50. The molecule has 4 nitrogen and oxygen atoms in total. The van der Waals surface area contributed by atoms with E-state index in [4.69, 9.17) is 10.3 Å². The molecule has 1 heterocycles. The van der Waals surface area contributed by atoms with Gasteiger partial charge in [-0.15, -0.1) is 0 Å². The molecule has 2 fully saturated rings. The van der Waals surface area contributed by atoms with Crippen molar-refractivity contribution < 1.29 is 17.7 Å². The zero-order valence-corrected chi connectivity index (χ0v) is 11.8. The average Bonchev–Trinajstić information content (AvgIpc) is 3.07. The van der Waals surface area contributed by atoms with E-state index in [1.807, 2.05) is 0 Å². The van der Waals surface area contributed by atoms with E-state index in [1.54, 1.807) is 0 Å². The number of aromatic nitrogens is 2. The van der Waals surface area contributed by atoms with Gasteiger partial charge in [0, 0.05) is 5.92 Å². The quantitative estimate of drug-likeness (QED) is 0.906. The second kappa shape index (κ2) is 5.26. The van der Waals surface area contributed by atoms with Crippen LogP contribution < -0.4 is 5.73 Å². The maximum Gasteiger partial charge on any atom is 0.391 e. The maximum atomic E-state index is 12.7. The van der Waals surface area contributed by atoms with Crippen molar-refractivity contribution in [1.82, 2.24) is 10.1 Å². The van der Waals surface area contributed by atoms with Crippen LogP contribution in [0.5, 0.6) is 0 Å². The van der Waals surface area contributed by atoms with Crippen LogP contribution in [0.25, 0.3) is 0 Å². The van der Waals surface area contributed by atoms with Crippen molar-refractivity contribution in [2.45, 2.75) is 69.0 Å². The number of hydrogen-bond acceptors (Lipinski definition) is 4. The van der Waals surface area contributed by atoms with Gasteiger partial charge in [-0.2, -0.15) is 18.2 Å². The lowest BCUT2D eigenvalue weighted by Gasteiger charge is -2.27. The van der Waals surface area contributed by atoms with Crippen molar-refractivity contribution in [3.8, 4) is 0 Å². The minimum absolute atomic E-state index is 0.0603. The zero-order chi connectivity index (χ0) is 15.1. The van der Waals surface area contributed by atoms with E-state index in [0.29, 0.717) is 24.6 Å². The van der Waals surface area contributed by atoms with Crippen LogP contribution in [0, 0.1) is 5.92 Å². The maximum absolute atomic E-state index is 12.7. The molecular formula is C14H20F3N3O. The first kappa shape index (κ1) is 14.8. The van der Waals surface area contributed by atoms with Crippen LogP contribution in [0.2, 0.25) is 0 Å². The van der Waals surface area contributed by atoms with E-state index in [-0.39, 0.29) is 18.8 Å². The van der Waals surface area contributed by atoms with Crippen LogP contribution in [0.3, 0.4) is 0 Å². The molecule has 0 radical (unpaired) electrons. The first-order chi connectivity index (χ1) is 9.88. The summed E-state index contributed by atoms with van der Waals surface area (Å²) in [5.74, 6) is -0.267. The van der Waals surface area contributed by atoms with Crippen molar-refractivity contribution >= 4 is 0 Å². The first-order valence-electron chi connectivity index (χ1n) is 7.58. The third-order valence-electron chi connectivity index (χ3n) is 4.92. The van der Waals surface area contributed by atoms with Gasteiger partial charge in [0.25, 0.3) is 0 Å². The largest absolute Gasteiger partial charge is 0.391 e. The van der Waals surface area contributed by atoms with Crippen LogP contribution in [0.1, 0.15) is 69.0 Å². The average molecular weight is 303 g/mol. The third-order valence-corrected chi connectivity index (χ3v) is 4.92. The SMILES string of the molecule is NC1(c2noc(C3CCC(C(F)(F)F)CC3)n2)CCCC1. The van der Waals surface area contributed by atoms with Gasteiger partial charge in [-0.05, 0) is 38.5 Å². The van der Waals surface area contributed by atoms with Crippen LogP contribution >= 0.6 is 0 Å². The van der Waals surface area contributed by atoms with Gasteiger partial charge < -0.3 is 10.3 Å². The summed E-state index contributed by atoms with van der Waals surface area (Å²) in [4.78, 5) is 4.39. The number of nitrogens with zero attached hydrogens (tertiary/aromatic N) is 2. The molecule has 0 aliphatic heterocycles. The fourth-order valence-electron chi connectivity index (χ4n) is 3.50. The summed E-state index contributed by atoms with van der Waals surface area (Å²) in [5, 5.41) is 3.98. The number of nitrogens with two attached hydrogens (primary N) is 1. The van der Waals surface area contributed by atoms with Gasteiger partial charge in [0.15, 0.2) is 5.82 Å². The lowest BCUT2D eigenvalue weighted by atomic mass is 9.81. The van der Waals surface area contributed by atoms with Gasteiger partial charge in [-0.25, -0.2) is 0 Å². The lowest BCUT2D eigenvalue weighted by molar-refractivity contribution is -0.182. The molecule has 0 spiro atoms. The highest BCUT2D eigenvalue weighted by Gasteiger charge is 2.43. The van der Waals surface area contributed by atoms with Gasteiger partial charge in [-0.1, -0.05) is 18.0 Å². The van der Waals surface area contributed by atoms with E-state index in [2.05, 4.69) is 10.1 Å². The molecule has 1 aromatic rings. The summed E-state index contributed by atoms with van der Waals surface area (Å²) in [6.45, 7) is 0. The molecule has 0 unspecified atom stereocenters. The Morgan fingerprint density at radius 3 is 2.29 bits per heavy atom. The predicted octanol–water partition coefficient (Wildman–Crippen LogP) is 3.63. The van der Waals surface area contributed by atoms with Gasteiger partial charge in [-0.3, -0.25) is 0 Å². The summed E-state index contributed by atoms with van der Waals surface area (Å²) in [6.07, 6.45) is 0.871. The molecule has 2 N–H and O–H groups in total. The molecule has 21 heavy (non-hydrogen) atoms. The Morgan fingerprint density at radius 1 is 1.10 bits per heavy atom. The topological polar surface area (TPSA) is 64.9 Å². The van der Waals surface area contributed by atoms with Crippen molar-refractivity contribution in [3.63, 3.8) is 0 Å². The number of alkyl halides is 3. The summed E-state index contributed by atoms with van der Waals surface area (Å²) < 4.78 is 43.3. The highest BCUT2D eigenvalue weighted by Crippen LogP contribution is 2.43. The van der Waals surface area contributed by atoms with Crippen molar-refractivity contribution in [3.05, 3.63) is 11.7 Å². The van der Waals surface area contributed by atoms with Gasteiger partial charge >= 0.3 is 6.18 Å². The molecule has 2 aliphatic carbocycles. The fraction of sp³-hybridized carbons (Fsp3) is 0.857. The molecule has 2 aliphatic rings. The highest BCUT2D eigenvalue weighted by molar-refractivity contribution is 5.08. The lowest BCUT2D eigenvalue weighted by Crippen LogP contribution is -2.34. The second-order valence-electron chi connectivity index (χ2n) is 6.41. The minimum atomic E-state index is -4.09. The van der Waals surface area contributed by atoms with Gasteiger partial charge in [0.2, 0.25) is 5.89 Å². The Morgan fingerprint density at radius 2 is 1.71 bits per heavy atom. The standard InChI is InChI=1S/C14H20F3N3O/c15-14(16,17)10-5-3-9(4-6-10)11-19-12(20-21-11)13(18)7-1-2-8-13/h9-10H,1-8,18H2. The molecule has 0 amide bonds. The summed E-state index contributed by atoms with van der Waals surface area (Å²) in [6, 6.07) is 0. The molecule has 0 bridgehead atoms. The molecule has 1 aromatic heterocycles. The van der Waals surface area contributed by atoms with Crippen LogP contribution in [-0.2, 0) is 5.54 Å². The predicted molar refractivity (Wildman–Crippen MR) is 69.4 cm³/mol. The first-order valence-corrected chi connectivity index (χ1v) is 7.58. The number of hydrogen-bond donors (Lipinski definition) is 1. The van der Waals surface area contributed by atoms with E-state index in [0.717, 1.165) is 25.7 Å². The summed E-state index contributed by atoms with van der Waals surface area (Å²) in [5.41, 5.74) is 5.76. The molecule has 0 saturated heterocycles. The number of halogens is 3. The van der Waals surface area contributed by atoms with Crippen LogP contribution in [-0.4, -0.2) is 16.3 Å². The normalized spacial score (nSPS) is 29.7. The number of rotatable bonds is 2. The van der Waals surface area contributed by atoms with E-state index in [1.165, 1.54) is 0 Å². The molecule has 2 saturated carbocycles. The van der Waals surface area contributed by atoms with Gasteiger partial charge in [0.05, 0.1) is 11.5 Å². The Labute approximate surface area is 121 Å².